The van der Waals surface area contributed by atoms with E-state index in [2.05, 4.69) is 15.3 Å². The van der Waals surface area contributed by atoms with Crippen LogP contribution in [0.3, 0.4) is 0 Å². The third kappa shape index (κ3) is 3.46. The van der Waals surface area contributed by atoms with Gasteiger partial charge in [0.1, 0.15) is 22.8 Å². The van der Waals surface area contributed by atoms with Gasteiger partial charge in [0.25, 0.3) is 5.91 Å². The SMILES string of the molecule is Cc1c(C(=O)N(C)C)sc2ncnc(NCCc3ccccc3F)c12. The first-order chi connectivity index (χ1) is 12.0. The summed E-state index contributed by atoms with van der Waals surface area (Å²) >= 11 is 1.36. The summed E-state index contributed by atoms with van der Waals surface area (Å²) in [6.45, 7) is 2.44. The van der Waals surface area contributed by atoms with Crippen molar-refractivity contribution in [3.63, 3.8) is 0 Å². The third-order valence-electron chi connectivity index (χ3n) is 3.97. The molecule has 3 aromatic rings. The molecule has 0 bridgehead atoms. The minimum absolute atomic E-state index is 0.0437. The van der Waals surface area contributed by atoms with Crippen molar-refractivity contribution in [3.05, 3.63) is 52.4 Å². The van der Waals surface area contributed by atoms with Crippen LogP contribution in [0.4, 0.5) is 10.2 Å². The molecule has 0 spiro atoms. The highest BCUT2D eigenvalue weighted by molar-refractivity contribution is 7.20. The molecule has 0 radical (unpaired) electrons. The van der Waals surface area contributed by atoms with Crippen LogP contribution in [0, 0.1) is 12.7 Å². The Labute approximate surface area is 149 Å². The van der Waals surface area contributed by atoms with Crippen LogP contribution in [0.1, 0.15) is 20.8 Å². The van der Waals surface area contributed by atoms with Gasteiger partial charge in [-0.1, -0.05) is 18.2 Å². The fourth-order valence-corrected chi connectivity index (χ4v) is 3.80. The Morgan fingerprint density at radius 3 is 2.76 bits per heavy atom. The monoisotopic (exact) mass is 358 g/mol. The number of nitrogens with one attached hydrogen (secondary N) is 1. The topological polar surface area (TPSA) is 58.1 Å². The number of carbonyl (C=O) groups excluding carboxylic acids is 1. The Bertz CT molecular complexity index is 923. The lowest BCUT2D eigenvalue weighted by Gasteiger charge is -2.09. The number of aryl methyl sites for hydroxylation is 1. The minimum atomic E-state index is -0.206. The van der Waals surface area contributed by atoms with Crippen LogP contribution in [-0.2, 0) is 6.42 Å². The van der Waals surface area contributed by atoms with Gasteiger partial charge in [-0.2, -0.15) is 0 Å². The smallest absolute Gasteiger partial charge is 0.263 e. The maximum atomic E-state index is 13.7. The van der Waals surface area contributed by atoms with Gasteiger partial charge in [0.15, 0.2) is 0 Å². The lowest BCUT2D eigenvalue weighted by Crippen LogP contribution is -2.21. The molecule has 0 aliphatic rings. The first-order valence-electron chi connectivity index (χ1n) is 7.92. The van der Waals surface area contributed by atoms with E-state index in [1.165, 1.54) is 23.7 Å². The molecule has 0 saturated carbocycles. The Hall–Kier alpha value is -2.54. The molecule has 25 heavy (non-hydrogen) atoms. The van der Waals surface area contributed by atoms with E-state index in [9.17, 15) is 9.18 Å². The predicted molar refractivity (Wildman–Crippen MR) is 98.8 cm³/mol. The quantitative estimate of drug-likeness (QED) is 0.758. The second kappa shape index (κ2) is 7.14. The molecule has 2 aromatic heterocycles. The molecule has 1 N–H and O–H groups in total. The van der Waals surface area contributed by atoms with Gasteiger partial charge < -0.3 is 10.2 Å². The number of thiophene rings is 1. The van der Waals surface area contributed by atoms with Crippen molar-refractivity contribution in [2.45, 2.75) is 13.3 Å². The van der Waals surface area contributed by atoms with E-state index in [-0.39, 0.29) is 11.7 Å². The second-order valence-corrected chi connectivity index (χ2v) is 6.93. The molecule has 3 rings (SSSR count). The first kappa shape index (κ1) is 17.3. The fraction of sp³-hybridized carbons (Fsp3) is 0.278. The summed E-state index contributed by atoms with van der Waals surface area (Å²) in [6, 6.07) is 6.73. The van der Waals surface area contributed by atoms with Gasteiger partial charge in [-0.15, -0.1) is 11.3 Å². The highest BCUT2D eigenvalue weighted by atomic mass is 32.1. The lowest BCUT2D eigenvalue weighted by molar-refractivity contribution is 0.0831. The van der Waals surface area contributed by atoms with E-state index in [1.807, 2.05) is 13.0 Å². The molecule has 2 heterocycles. The average Bonchev–Trinajstić information content (AvgIpc) is 2.93. The van der Waals surface area contributed by atoms with E-state index in [1.54, 1.807) is 31.1 Å². The molecule has 7 heteroatoms. The Morgan fingerprint density at radius 2 is 2.04 bits per heavy atom. The van der Waals surface area contributed by atoms with Gasteiger partial charge in [0.2, 0.25) is 0 Å². The number of halogens is 1. The first-order valence-corrected chi connectivity index (χ1v) is 8.73. The van der Waals surface area contributed by atoms with Crippen molar-refractivity contribution < 1.29 is 9.18 Å². The largest absolute Gasteiger partial charge is 0.369 e. The van der Waals surface area contributed by atoms with Gasteiger partial charge in [-0.05, 0) is 30.5 Å². The van der Waals surface area contributed by atoms with Crippen molar-refractivity contribution in [2.75, 3.05) is 26.0 Å². The Balaban J connectivity index is 1.84. The summed E-state index contributed by atoms with van der Waals surface area (Å²) in [5.74, 6) is 0.424. The van der Waals surface area contributed by atoms with Crippen LogP contribution in [0.25, 0.3) is 10.2 Å². The van der Waals surface area contributed by atoms with Crippen molar-refractivity contribution in [1.29, 1.82) is 0 Å². The van der Waals surface area contributed by atoms with Gasteiger partial charge in [-0.25, -0.2) is 14.4 Å². The predicted octanol–water partition coefficient (Wildman–Crippen LogP) is 3.50. The van der Waals surface area contributed by atoms with Crippen LogP contribution in [0.5, 0.6) is 0 Å². The zero-order valence-corrected chi connectivity index (χ0v) is 15.2. The van der Waals surface area contributed by atoms with E-state index in [4.69, 9.17) is 0 Å². The van der Waals surface area contributed by atoms with Crippen LogP contribution in [0.15, 0.2) is 30.6 Å². The maximum Gasteiger partial charge on any atom is 0.263 e. The van der Waals surface area contributed by atoms with Crippen molar-refractivity contribution in [2.24, 2.45) is 0 Å². The molecular weight excluding hydrogens is 339 g/mol. The van der Waals surface area contributed by atoms with E-state index < -0.39 is 0 Å². The number of rotatable bonds is 5. The van der Waals surface area contributed by atoms with Crippen LogP contribution >= 0.6 is 11.3 Å². The number of fused-ring (bicyclic) bond motifs is 1. The minimum Gasteiger partial charge on any atom is -0.369 e. The van der Waals surface area contributed by atoms with E-state index >= 15 is 0 Å². The molecule has 1 amide bonds. The number of anilines is 1. The molecule has 0 fully saturated rings. The van der Waals surface area contributed by atoms with Gasteiger partial charge in [0, 0.05) is 20.6 Å². The van der Waals surface area contributed by atoms with Gasteiger partial charge in [-0.3, -0.25) is 4.79 Å². The molecule has 5 nitrogen and oxygen atoms in total. The standard InChI is InChI=1S/C18H19FN4OS/c1-11-14-16(20-9-8-12-6-4-5-7-13(12)19)21-10-22-17(14)25-15(11)18(24)23(2)3/h4-7,10H,8-9H2,1-3H3,(H,20,21,22). The number of hydrogen-bond acceptors (Lipinski definition) is 5. The lowest BCUT2D eigenvalue weighted by atomic mass is 10.1. The summed E-state index contributed by atoms with van der Waals surface area (Å²) in [5.41, 5.74) is 1.53. The van der Waals surface area contributed by atoms with Crippen LogP contribution in [0.2, 0.25) is 0 Å². The third-order valence-corrected chi connectivity index (χ3v) is 5.16. The van der Waals surface area contributed by atoms with Crippen molar-refractivity contribution >= 4 is 33.3 Å². The van der Waals surface area contributed by atoms with Crippen molar-refractivity contribution in [3.8, 4) is 0 Å². The molecule has 0 unspecified atom stereocenters. The number of benzene rings is 1. The Morgan fingerprint density at radius 1 is 1.28 bits per heavy atom. The fourth-order valence-electron chi connectivity index (χ4n) is 2.63. The average molecular weight is 358 g/mol. The van der Waals surface area contributed by atoms with Crippen LogP contribution in [-0.4, -0.2) is 41.4 Å². The zero-order valence-electron chi connectivity index (χ0n) is 14.3. The van der Waals surface area contributed by atoms with E-state index in [0.717, 1.165) is 15.8 Å². The zero-order chi connectivity index (χ0) is 18.0. The molecule has 0 aliphatic carbocycles. The number of aromatic nitrogens is 2. The number of amides is 1. The van der Waals surface area contributed by atoms with Gasteiger partial charge >= 0.3 is 0 Å². The molecular formula is C18H19FN4OS. The molecule has 130 valence electrons. The number of hydrogen-bond donors (Lipinski definition) is 1. The normalized spacial score (nSPS) is 10.9. The Kier molecular flexibility index (Phi) is 4.94. The number of carbonyl (C=O) groups is 1. The highest BCUT2D eigenvalue weighted by Gasteiger charge is 2.20. The van der Waals surface area contributed by atoms with Crippen molar-refractivity contribution in [1.82, 2.24) is 14.9 Å². The highest BCUT2D eigenvalue weighted by Crippen LogP contribution is 2.33. The molecule has 0 atom stereocenters. The number of nitrogens with zero attached hydrogens (tertiary/aromatic N) is 3. The summed E-state index contributed by atoms with van der Waals surface area (Å²) in [6.07, 6.45) is 2.03. The summed E-state index contributed by atoms with van der Waals surface area (Å²) in [5, 5.41) is 4.10. The maximum absolute atomic E-state index is 13.7. The summed E-state index contributed by atoms with van der Waals surface area (Å²) < 4.78 is 13.7. The molecule has 0 aliphatic heterocycles. The van der Waals surface area contributed by atoms with Gasteiger partial charge in [0.05, 0.1) is 10.3 Å². The second-order valence-electron chi connectivity index (χ2n) is 5.93. The molecule has 1 aromatic carbocycles. The summed E-state index contributed by atoms with van der Waals surface area (Å²) in [7, 11) is 3.46. The summed E-state index contributed by atoms with van der Waals surface area (Å²) in [4.78, 5) is 23.9. The molecule has 0 saturated heterocycles. The van der Waals surface area contributed by atoms with Crippen LogP contribution < -0.4 is 5.32 Å². The van der Waals surface area contributed by atoms with E-state index in [0.29, 0.717) is 29.2 Å².